The van der Waals surface area contributed by atoms with E-state index in [4.69, 9.17) is 23.2 Å². The van der Waals surface area contributed by atoms with Gasteiger partial charge in [0.25, 0.3) is 0 Å². The summed E-state index contributed by atoms with van der Waals surface area (Å²) in [5.41, 5.74) is 2.55. The fraction of sp³-hybridized carbons (Fsp3) is 0.308. The average molecular weight is 310 g/mol. The molecule has 104 valence electrons. The zero-order chi connectivity index (χ0) is 14.1. The lowest BCUT2D eigenvalue weighted by atomic mass is 10.4. The van der Waals surface area contributed by atoms with Crippen molar-refractivity contribution < 1.29 is 0 Å². The first-order valence-electron chi connectivity index (χ1n) is 6.22. The molecule has 0 saturated carbocycles. The molecule has 5 nitrogen and oxygen atoms in total. The Kier molecular flexibility index (Phi) is 3.63. The SMILES string of the molecule is Cn1ccc(Cn2c(CCCl)nc3cc(Cl)cnc32)n1. The molecule has 0 atom stereocenters. The first-order valence-corrected chi connectivity index (χ1v) is 7.14. The Labute approximate surface area is 126 Å². The molecule has 0 aliphatic rings. The lowest BCUT2D eigenvalue weighted by molar-refractivity contribution is 0.690. The summed E-state index contributed by atoms with van der Waals surface area (Å²) in [5.74, 6) is 1.41. The second-order valence-electron chi connectivity index (χ2n) is 4.53. The highest BCUT2D eigenvalue weighted by Gasteiger charge is 2.13. The highest BCUT2D eigenvalue weighted by molar-refractivity contribution is 6.31. The van der Waals surface area contributed by atoms with Crippen LogP contribution in [-0.4, -0.2) is 30.2 Å². The second-order valence-corrected chi connectivity index (χ2v) is 5.34. The van der Waals surface area contributed by atoms with Crippen molar-refractivity contribution in [2.75, 3.05) is 5.88 Å². The normalized spacial score (nSPS) is 11.3. The van der Waals surface area contributed by atoms with Gasteiger partial charge in [0.05, 0.1) is 17.3 Å². The second kappa shape index (κ2) is 5.42. The van der Waals surface area contributed by atoms with Gasteiger partial charge in [-0.15, -0.1) is 11.6 Å². The summed E-state index contributed by atoms with van der Waals surface area (Å²) in [5, 5.41) is 4.97. The van der Waals surface area contributed by atoms with Crippen LogP contribution in [0.1, 0.15) is 11.5 Å². The van der Waals surface area contributed by atoms with Crippen LogP contribution in [0.3, 0.4) is 0 Å². The third kappa shape index (κ3) is 2.51. The van der Waals surface area contributed by atoms with Crippen molar-refractivity contribution in [1.82, 2.24) is 24.3 Å². The van der Waals surface area contributed by atoms with Gasteiger partial charge in [0.1, 0.15) is 11.3 Å². The first-order chi connectivity index (χ1) is 9.67. The van der Waals surface area contributed by atoms with E-state index in [1.54, 1.807) is 10.9 Å². The number of pyridine rings is 1. The number of nitrogens with zero attached hydrogens (tertiary/aromatic N) is 5. The van der Waals surface area contributed by atoms with Crippen LogP contribution in [0.2, 0.25) is 5.02 Å². The van der Waals surface area contributed by atoms with Gasteiger partial charge in [0.15, 0.2) is 5.65 Å². The first kappa shape index (κ1) is 13.4. The van der Waals surface area contributed by atoms with Crippen molar-refractivity contribution in [3.63, 3.8) is 0 Å². The van der Waals surface area contributed by atoms with Gasteiger partial charge in [-0.1, -0.05) is 11.6 Å². The van der Waals surface area contributed by atoms with E-state index in [1.807, 2.05) is 29.9 Å². The van der Waals surface area contributed by atoms with Crippen LogP contribution in [0.15, 0.2) is 24.5 Å². The van der Waals surface area contributed by atoms with Gasteiger partial charge in [0.2, 0.25) is 0 Å². The molecular weight excluding hydrogens is 297 g/mol. The summed E-state index contributed by atoms with van der Waals surface area (Å²) < 4.78 is 3.82. The summed E-state index contributed by atoms with van der Waals surface area (Å²) in [6, 6.07) is 3.79. The zero-order valence-corrected chi connectivity index (χ0v) is 12.4. The van der Waals surface area contributed by atoms with E-state index in [-0.39, 0.29) is 0 Å². The van der Waals surface area contributed by atoms with Crippen LogP contribution in [-0.2, 0) is 20.0 Å². The van der Waals surface area contributed by atoms with Crippen molar-refractivity contribution in [3.05, 3.63) is 41.1 Å². The van der Waals surface area contributed by atoms with Crippen LogP contribution < -0.4 is 0 Å². The summed E-state index contributed by atoms with van der Waals surface area (Å²) >= 11 is 11.8. The number of hydrogen-bond donors (Lipinski definition) is 0. The van der Waals surface area contributed by atoms with E-state index >= 15 is 0 Å². The zero-order valence-electron chi connectivity index (χ0n) is 10.9. The molecule has 0 aromatic carbocycles. The van der Waals surface area contributed by atoms with E-state index in [1.165, 1.54) is 0 Å². The van der Waals surface area contributed by atoms with Crippen LogP contribution in [0.5, 0.6) is 0 Å². The van der Waals surface area contributed by atoms with Gasteiger partial charge >= 0.3 is 0 Å². The van der Waals surface area contributed by atoms with Gasteiger partial charge in [-0.3, -0.25) is 4.68 Å². The molecule has 0 bridgehead atoms. The maximum Gasteiger partial charge on any atom is 0.160 e. The quantitative estimate of drug-likeness (QED) is 0.696. The number of imidazole rings is 1. The van der Waals surface area contributed by atoms with Crippen LogP contribution in [0, 0.1) is 0 Å². The predicted octanol–water partition coefficient (Wildman–Crippen LogP) is 2.65. The van der Waals surface area contributed by atoms with E-state index in [0.29, 0.717) is 23.9 Å². The highest BCUT2D eigenvalue weighted by Crippen LogP contribution is 2.19. The molecule has 0 N–H and O–H groups in total. The number of rotatable bonds is 4. The largest absolute Gasteiger partial charge is 0.307 e. The standard InChI is InChI=1S/C13H13Cl2N5/c1-19-5-3-10(18-19)8-20-12(2-4-14)17-11-6-9(15)7-16-13(11)20/h3,5-7H,2,4,8H2,1H3. The number of hydrogen-bond acceptors (Lipinski definition) is 3. The number of alkyl halides is 1. The Morgan fingerprint density at radius 1 is 1.35 bits per heavy atom. The molecule has 0 spiro atoms. The van der Waals surface area contributed by atoms with Crippen LogP contribution >= 0.6 is 23.2 Å². The maximum atomic E-state index is 5.97. The van der Waals surface area contributed by atoms with Crippen LogP contribution in [0.25, 0.3) is 11.2 Å². The van der Waals surface area contributed by atoms with Gasteiger partial charge in [0, 0.05) is 31.7 Å². The van der Waals surface area contributed by atoms with Crippen LogP contribution in [0.4, 0.5) is 0 Å². The predicted molar refractivity (Wildman–Crippen MR) is 79.3 cm³/mol. The van der Waals surface area contributed by atoms with E-state index in [2.05, 4.69) is 15.1 Å². The maximum absolute atomic E-state index is 5.97. The molecule has 3 aromatic rings. The Hall–Kier alpha value is -1.59. The molecule has 0 unspecified atom stereocenters. The molecular formula is C13H13Cl2N5. The molecule has 3 rings (SSSR count). The van der Waals surface area contributed by atoms with Gasteiger partial charge < -0.3 is 4.57 Å². The van der Waals surface area contributed by atoms with Gasteiger partial charge in [-0.05, 0) is 12.1 Å². The summed E-state index contributed by atoms with van der Waals surface area (Å²) in [6.07, 6.45) is 4.23. The summed E-state index contributed by atoms with van der Waals surface area (Å²) in [6.45, 7) is 0.623. The average Bonchev–Trinajstić information content (AvgIpc) is 2.95. The van der Waals surface area contributed by atoms with E-state index < -0.39 is 0 Å². The van der Waals surface area contributed by atoms with Gasteiger partial charge in [-0.2, -0.15) is 5.10 Å². The number of aromatic nitrogens is 5. The molecule has 7 heteroatoms. The molecule has 3 heterocycles. The van der Waals surface area contributed by atoms with Crippen molar-refractivity contribution in [1.29, 1.82) is 0 Å². The Morgan fingerprint density at radius 2 is 2.20 bits per heavy atom. The molecule has 0 radical (unpaired) electrons. The molecule has 0 saturated heterocycles. The Balaban J connectivity index is 2.08. The minimum atomic E-state index is 0.513. The molecule has 0 amide bonds. The van der Waals surface area contributed by atoms with E-state index in [9.17, 15) is 0 Å². The molecule has 0 fully saturated rings. The lowest BCUT2D eigenvalue weighted by Crippen LogP contribution is -2.07. The third-order valence-corrected chi connectivity index (χ3v) is 3.43. The number of fused-ring (bicyclic) bond motifs is 1. The van der Waals surface area contributed by atoms with Crippen molar-refractivity contribution >= 4 is 34.4 Å². The molecule has 0 aliphatic carbocycles. The fourth-order valence-corrected chi connectivity index (χ4v) is 2.51. The minimum absolute atomic E-state index is 0.513. The summed E-state index contributed by atoms with van der Waals surface area (Å²) in [7, 11) is 1.90. The summed E-state index contributed by atoms with van der Waals surface area (Å²) in [4.78, 5) is 8.94. The Bertz CT molecular complexity index is 746. The van der Waals surface area contributed by atoms with Gasteiger partial charge in [-0.25, -0.2) is 9.97 Å². The topological polar surface area (TPSA) is 48.5 Å². The van der Waals surface area contributed by atoms with Crippen molar-refractivity contribution in [3.8, 4) is 0 Å². The fourth-order valence-electron chi connectivity index (χ4n) is 2.18. The Morgan fingerprint density at radius 3 is 2.90 bits per heavy atom. The number of halogens is 2. The van der Waals surface area contributed by atoms with Crippen molar-refractivity contribution in [2.45, 2.75) is 13.0 Å². The third-order valence-electron chi connectivity index (χ3n) is 3.04. The number of aryl methyl sites for hydroxylation is 2. The monoisotopic (exact) mass is 309 g/mol. The molecule has 3 aromatic heterocycles. The molecule has 0 aliphatic heterocycles. The van der Waals surface area contributed by atoms with E-state index in [0.717, 1.165) is 22.7 Å². The van der Waals surface area contributed by atoms with Crippen molar-refractivity contribution in [2.24, 2.45) is 7.05 Å². The minimum Gasteiger partial charge on any atom is -0.307 e. The lowest BCUT2D eigenvalue weighted by Gasteiger charge is -2.05. The molecule has 20 heavy (non-hydrogen) atoms. The highest BCUT2D eigenvalue weighted by atomic mass is 35.5. The smallest absolute Gasteiger partial charge is 0.160 e.